The van der Waals surface area contributed by atoms with Crippen molar-refractivity contribution >= 4 is 0 Å². The van der Waals surface area contributed by atoms with Gasteiger partial charge in [-0.05, 0) is 44.4 Å². The summed E-state index contributed by atoms with van der Waals surface area (Å²) < 4.78 is 0. The highest BCUT2D eigenvalue weighted by Crippen LogP contribution is 2.29. The fourth-order valence-corrected chi connectivity index (χ4v) is 2.34. The molecule has 0 N–H and O–H groups in total. The minimum absolute atomic E-state index is 0.917. The van der Waals surface area contributed by atoms with Crippen molar-refractivity contribution in [3.63, 3.8) is 0 Å². The second kappa shape index (κ2) is 6.23. The number of hydrogen-bond acceptors (Lipinski definition) is 0. The van der Waals surface area contributed by atoms with Crippen molar-refractivity contribution in [3.8, 4) is 0 Å². The quantitative estimate of drug-likeness (QED) is 0.538. The predicted molar refractivity (Wildman–Crippen MR) is 59.9 cm³/mol. The molecule has 0 aromatic carbocycles. The normalized spacial score (nSPS) is 19.7. The van der Waals surface area contributed by atoms with Crippen LogP contribution in [0.25, 0.3) is 0 Å². The average Bonchev–Trinajstić information content (AvgIpc) is 2.21. The van der Waals surface area contributed by atoms with E-state index in [0.717, 1.165) is 5.92 Å². The van der Waals surface area contributed by atoms with E-state index in [1.807, 2.05) is 0 Å². The van der Waals surface area contributed by atoms with Crippen LogP contribution < -0.4 is 0 Å². The van der Waals surface area contributed by atoms with Crippen LogP contribution in [0, 0.1) is 5.92 Å². The van der Waals surface area contributed by atoms with E-state index in [4.69, 9.17) is 0 Å². The Morgan fingerprint density at radius 2 is 2.15 bits per heavy atom. The van der Waals surface area contributed by atoms with Crippen LogP contribution in [-0.2, 0) is 0 Å². The van der Waals surface area contributed by atoms with E-state index >= 15 is 0 Å². The molecule has 1 aliphatic carbocycles. The summed E-state index contributed by atoms with van der Waals surface area (Å²) in [6.45, 7) is 4.64. The molecule has 0 aromatic heterocycles. The molecular weight excluding hydrogens is 156 g/mol. The van der Waals surface area contributed by atoms with Crippen LogP contribution in [-0.4, -0.2) is 0 Å². The maximum absolute atomic E-state index is 2.52. The number of allylic oxidation sites excluding steroid dienone is 2. The Morgan fingerprint density at radius 3 is 2.69 bits per heavy atom. The van der Waals surface area contributed by atoms with Crippen LogP contribution in [0.15, 0.2) is 11.6 Å². The van der Waals surface area contributed by atoms with Gasteiger partial charge in [0.05, 0.1) is 0 Å². The van der Waals surface area contributed by atoms with Gasteiger partial charge in [-0.25, -0.2) is 0 Å². The van der Waals surface area contributed by atoms with Gasteiger partial charge in [-0.15, -0.1) is 0 Å². The zero-order chi connectivity index (χ0) is 9.52. The Balaban J connectivity index is 2.39. The molecule has 0 aliphatic heterocycles. The van der Waals surface area contributed by atoms with Crippen molar-refractivity contribution in [1.29, 1.82) is 0 Å². The van der Waals surface area contributed by atoms with Gasteiger partial charge in [0.15, 0.2) is 0 Å². The molecule has 13 heavy (non-hydrogen) atoms. The SMILES string of the molecule is CCCCC(CC)C1=CCCCC1. The van der Waals surface area contributed by atoms with Crippen molar-refractivity contribution in [2.24, 2.45) is 5.92 Å². The summed E-state index contributed by atoms with van der Waals surface area (Å²) in [7, 11) is 0. The maximum Gasteiger partial charge on any atom is -0.0206 e. The van der Waals surface area contributed by atoms with E-state index in [2.05, 4.69) is 19.9 Å². The van der Waals surface area contributed by atoms with Crippen molar-refractivity contribution < 1.29 is 0 Å². The van der Waals surface area contributed by atoms with E-state index in [1.165, 1.54) is 51.4 Å². The first kappa shape index (κ1) is 10.8. The van der Waals surface area contributed by atoms with Gasteiger partial charge < -0.3 is 0 Å². The summed E-state index contributed by atoms with van der Waals surface area (Å²) in [4.78, 5) is 0. The topological polar surface area (TPSA) is 0 Å². The fraction of sp³-hybridized carbons (Fsp3) is 0.846. The Labute approximate surface area is 83.4 Å². The molecule has 0 heteroatoms. The zero-order valence-corrected chi connectivity index (χ0v) is 9.31. The van der Waals surface area contributed by atoms with Gasteiger partial charge in [0, 0.05) is 0 Å². The molecule has 0 bridgehead atoms. The largest absolute Gasteiger partial charge is 0.0851 e. The first-order valence-corrected chi connectivity index (χ1v) is 6.07. The molecule has 0 aromatic rings. The molecule has 1 atom stereocenters. The molecule has 76 valence electrons. The molecule has 0 heterocycles. The molecule has 0 saturated heterocycles. The third-order valence-electron chi connectivity index (χ3n) is 3.25. The molecule has 0 spiro atoms. The van der Waals surface area contributed by atoms with Gasteiger partial charge in [0.25, 0.3) is 0 Å². The first-order valence-electron chi connectivity index (χ1n) is 6.07. The van der Waals surface area contributed by atoms with Crippen molar-refractivity contribution in [1.82, 2.24) is 0 Å². The van der Waals surface area contributed by atoms with Crippen molar-refractivity contribution in [3.05, 3.63) is 11.6 Å². The Kier molecular flexibility index (Phi) is 5.19. The van der Waals surface area contributed by atoms with E-state index < -0.39 is 0 Å². The monoisotopic (exact) mass is 180 g/mol. The third kappa shape index (κ3) is 3.54. The number of hydrogen-bond donors (Lipinski definition) is 0. The van der Waals surface area contributed by atoms with Crippen LogP contribution >= 0.6 is 0 Å². The Morgan fingerprint density at radius 1 is 1.31 bits per heavy atom. The van der Waals surface area contributed by atoms with Gasteiger partial charge >= 0.3 is 0 Å². The molecular formula is C13H24. The smallest absolute Gasteiger partial charge is 0.0206 e. The molecule has 0 fully saturated rings. The first-order chi connectivity index (χ1) is 6.38. The van der Waals surface area contributed by atoms with Crippen LogP contribution in [0.1, 0.15) is 65.2 Å². The lowest BCUT2D eigenvalue weighted by Crippen LogP contribution is -2.06. The van der Waals surface area contributed by atoms with Crippen LogP contribution in [0.2, 0.25) is 0 Å². The summed E-state index contributed by atoms with van der Waals surface area (Å²) in [5.41, 5.74) is 1.78. The van der Waals surface area contributed by atoms with Gasteiger partial charge in [-0.2, -0.15) is 0 Å². The van der Waals surface area contributed by atoms with E-state index in [1.54, 1.807) is 5.57 Å². The van der Waals surface area contributed by atoms with Crippen LogP contribution in [0.5, 0.6) is 0 Å². The molecule has 1 aliphatic rings. The lowest BCUT2D eigenvalue weighted by atomic mass is 9.84. The minimum atomic E-state index is 0.917. The second-order valence-corrected chi connectivity index (χ2v) is 4.27. The fourth-order valence-electron chi connectivity index (χ4n) is 2.34. The summed E-state index contributed by atoms with van der Waals surface area (Å²) >= 11 is 0. The summed E-state index contributed by atoms with van der Waals surface area (Å²) in [5, 5.41) is 0. The third-order valence-corrected chi connectivity index (χ3v) is 3.25. The van der Waals surface area contributed by atoms with E-state index in [-0.39, 0.29) is 0 Å². The van der Waals surface area contributed by atoms with Gasteiger partial charge in [-0.3, -0.25) is 0 Å². The Bertz CT molecular complexity index is 155. The van der Waals surface area contributed by atoms with Crippen LogP contribution in [0.3, 0.4) is 0 Å². The molecule has 0 amide bonds. The summed E-state index contributed by atoms with van der Waals surface area (Å²) in [6.07, 6.45) is 13.7. The molecule has 0 radical (unpaired) electrons. The molecule has 0 nitrogen and oxygen atoms in total. The summed E-state index contributed by atoms with van der Waals surface area (Å²) in [5.74, 6) is 0.917. The highest BCUT2D eigenvalue weighted by atomic mass is 14.2. The number of unbranched alkanes of at least 4 members (excludes halogenated alkanes) is 1. The lowest BCUT2D eigenvalue weighted by Gasteiger charge is -2.21. The van der Waals surface area contributed by atoms with Gasteiger partial charge in [-0.1, -0.05) is 38.3 Å². The maximum atomic E-state index is 2.52. The average molecular weight is 180 g/mol. The molecule has 1 unspecified atom stereocenters. The predicted octanol–water partition coefficient (Wildman–Crippen LogP) is 4.70. The highest BCUT2D eigenvalue weighted by Gasteiger charge is 2.13. The Hall–Kier alpha value is -0.260. The summed E-state index contributed by atoms with van der Waals surface area (Å²) in [6, 6.07) is 0. The van der Waals surface area contributed by atoms with Gasteiger partial charge in [0.2, 0.25) is 0 Å². The second-order valence-electron chi connectivity index (χ2n) is 4.27. The van der Waals surface area contributed by atoms with Gasteiger partial charge in [0.1, 0.15) is 0 Å². The molecule has 0 saturated carbocycles. The lowest BCUT2D eigenvalue weighted by molar-refractivity contribution is 0.481. The molecule has 1 rings (SSSR count). The van der Waals surface area contributed by atoms with E-state index in [9.17, 15) is 0 Å². The number of rotatable bonds is 5. The van der Waals surface area contributed by atoms with Crippen molar-refractivity contribution in [2.75, 3.05) is 0 Å². The van der Waals surface area contributed by atoms with E-state index in [0.29, 0.717) is 0 Å². The van der Waals surface area contributed by atoms with Crippen molar-refractivity contribution in [2.45, 2.75) is 65.2 Å². The highest BCUT2D eigenvalue weighted by molar-refractivity contribution is 5.09. The van der Waals surface area contributed by atoms with Crippen LogP contribution in [0.4, 0.5) is 0 Å². The zero-order valence-electron chi connectivity index (χ0n) is 9.31. The standard InChI is InChI=1S/C13H24/c1-3-5-9-12(4-2)13-10-7-6-8-11-13/h10,12H,3-9,11H2,1-2H3. The minimum Gasteiger partial charge on any atom is -0.0851 e.